The maximum absolute atomic E-state index is 5.25. The first-order chi connectivity index (χ1) is 28.7. The van der Waals surface area contributed by atoms with Gasteiger partial charge in [0.15, 0.2) is 17.5 Å². The second-order valence-corrected chi connectivity index (χ2v) is 16.2. The van der Waals surface area contributed by atoms with E-state index in [0.717, 1.165) is 22.3 Å². The van der Waals surface area contributed by atoms with Gasteiger partial charge in [0, 0.05) is 36.9 Å². The summed E-state index contributed by atoms with van der Waals surface area (Å²) in [5.74, 6) is 1.92. The first kappa shape index (κ1) is 32.9. The molecule has 2 aliphatic carbocycles. The number of thiophene rings is 1. The van der Waals surface area contributed by atoms with Crippen molar-refractivity contribution in [2.75, 3.05) is 0 Å². The van der Waals surface area contributed by atoms with Crippen molar-refractivity contribution in [3.8, 4) is 56.4 Å². The van der Waals surface area contributed by atoms with Crippen LogP contribution in [0.2, 0.25) is 0 Å². The summed E-state index contributed by atoms with van der Waals surface area (Å²) in [7, 11) is 0. The summed E-state index contributed by atoms with van der Waals surface area (Å²) >= 11 is 1.88. The van der Waals surface area contributed by atoms with Crippen LogP contribution in [0.25, 0.3) is 88.7 Å². The van der Waals surface area contributed by atoms with E-state index in [0.29, 0.717) is 17.5 Å². The van der Waals surface area contributed by atoms with Crippen LogP contribution in [-0.4, -0.2) is 15.0 Å². The van der Waals surface area contributed by atoms with Gasteiger partial charge in [0.05, 0.1) is 5.41 Å². The Morgan fingerprint density at radius 3 is 1.66 bits per heavy atom. The summed E-state index contributed by atoms with van der Waals surface area (Å²) in [6.07, 6.45) is 4.57. The fraction of sp³-hybridized carbons (Fsp3) is 0.0185. The lowest BCUT2D eigenvalue weighted by molar-refractivity contribution is 0.767. The molecule has 0 amide bonds. The number of hydrogen-bond donors (Lipinski definition) is 0. The van der Waals surface area contributed by atoms with Crippen molar-refractivity contribution >= 4 is 43.7 Å². The molecule has 1 atom stereocenters. The third kappa shape index (κ3) is 4.95. The summed E-state index contributed by atoms with van der Waals surface area (Å²) in [6.45, 7) is 0. The highest BCUT2D eigenvalue weighted by Crippen LogP contribution is 2.60. The molecule has 2 aromatic heterocycles. The van der Waals surface area contributed by atoms with Crippen LogP contribution in [0.15, 0.2) is 188 Å². The molecule has 0 N–H and O–H groups in total. The van der Waals surface area contributed by atoms with E-state index in [1.54, 1.807) is 0 Å². The summed E-state index contributed by atoms with van der Waals surface area (Å²) in [5.41, 5.74) is 14.6. The number of aromatic nitrogens is 3. The third-order valence-electron chi connectivity index (χ3n) is 12.0. The van der Waals surface area contributed by atoms with E-state index < -0.39 is 5.41 Å². The number of benzene rings is 8. The highest BCUT2D eigenvalue weighted by atomic mass is 32.1. The van der Waals surface area contributed by atoms with Gasteiger partial charge in [0.1, 0.15) is 0 Å². The Hall–Kier alpha value is -7.27. The Bertz CT molecular complexity index is 3270. The molecule has 8 aromatic carbocycles. The topological polar surface area (TPSA) is 38.7 Å². The minimum atomic E-state index is -0.597. The highest BCUT2D eigenvalue weighted by Gasteiger charge is 2.49. The van der Waals surface area contributed by atoms with Gasteiger partial charge in [-0.05, 0) is 79.9 Å². The van der Waals surface area contributed by atoms with E-state index in [9.17, 15) is 0 Å². The van der Waals surface area contributed by atoms with Crippen molar-refractivity contribution in [3.05, 3.63) is 221 Å². The molecule has 0 fully saturated rings. The number of nitrogens with zero attached hydrogens (tertiary/aromatic N) is 3. The van der Waals surface area contributed by atoms with Gasteiger partial charge < -0.3 is 0 Å². The van der Waals surface area contributed by atoms with Crippen LogP contribution in [0, 0.1) is 0 Å². The second kappa shape index (κ2) is 12.9. The molecule has 2 aliphatic rings. The van der Waals surface area contributed by atoms with Crippen LogP contribution in [-0.2, 0) is 5.41 Å². The standard InChI is InChI=1S/C54H33N3S/c1-3-13-34(14-4-1)35-23-28-39(29-24-35)52-55-51(38-16-5-2-6-17-38)56-53(57-52)40-30-27-37-26-25-36-15-7-10-20-45(36)54(47(37)31-40)46-21-11-8-18-41(46)43-33-50-44(32-48(43)54)42-19-9-12-22-49(42)58-50/h1-33H. The lowest BCUT2D eigenvalue weighted by atomic mass is 9.65. The average molecular weight is 756 g/mol. The molecule has 0 radical (unpaired) electrons. The van der Waals surface area contributed by atoms with Crippen molar-refractivity contribution in [2.24, 2.45) is 0 Å². The van der Waals surface area contributed by atoms with Gasteiger partial charge >= 0.3 is 0 Å². The van der Waals surface area contributed by atoms with Crippen molar-refractivity contribution in [2.45, 2.75) is 5.41 Å². The summed E-state index contributed by atoms with van der Waals surface area (Å²) in [6, 6.07) is 67.7. The highest BCUT2D eigenvalue weighted by molar-refractivity contribution is 7.25. The Labute approximate surface area is 340 Å². The smallest absolute Gasteiger partial charge is 0.164 e. The molecule has 2 heterocycles. The monoisotopic (exact) mass is 755 g/mol. The molecule has 12 rings (SSSR count). The molecule has 10 aromatic rings. The second-order valence-electron chi connectivity index (χ2n) is 15.1. The maximum Gasteiger partial charge on any atom is 0.164 e. The Morgan fingerprint density at radius 1 is 0.328 bits per heavy atom. The molecule has 0 saturated heterocycles. The predicted molar refractivity (Wildman–Crippen MR) is 241 cm³/mol. The Balaban J connectivity index is 1.11. The van der Waals surface area contributed by atoms with Crippen LogP contribution in [0.4, 0.5) is 0 Å². The zero-order chi connectivity index (χ0) is 38.2. The predicted octanol–water partition coefficient (Wildman–Crippen LogP) is 13.8. The first-order valence-corrected chi connectivity index (χ1v) is 20.5. The van der Waals surface area contributed by atoms with Gasteiger partial charge in [-0.3, -0.25) is 0 Å². The van der Waals surface area contributed by atoms with Crippen molar-refractivity contribution in [1.82, 2.24) is 15.0 Å². The van der Waals surface area contributed by atoms with E-state index >= 15 is 0 Å². The van der Waals surface area contributed by atoms with E-state index in [1.165, 1.54) is 70.2 Å². The van der Waals surface area contributed by atoms with E-state index in [2.05, 4.69) is 176 Å². The molecular weight excluding hydrogens is 723 g/mol. The molecule has 58 heavy (non-hydrogen) atoms. The minimum Gasteiger partial charge on any atom is -0.208 e. The van der Waals surface area contributed by atoms with Gasteiger partial charge in [-0.15, -0.1) is 11.3 Å². The molecule has 4 heteroatoms. The van der Waals surface area contributed by atoms with Crippen molar-refractivity contribution in [3.63, 3.8) is 0 Å². The third-order valence-corrected chi connectivity index (χ3v) is 13.1. The molecule has 0 aliphatic heterocycles. The lowest BCUT2D eigenvalue weighted by Crippen LogP contribution is -2.30. The fourth-order valence-electron chi connectivity index (χ4n) is 9.34. The Morgan fingerprint density at radius 2 is 0.879 bits per heavy atom. The number of rotatable bonds is 4. The van der Waals surface area contributed by atoms with Crippen LogP contribution in [0.5, 0.6) is 0 Å². The zero-order valence-electron chi connectivity index (χ0n) is 31.3. The lowest BCUT2D eigenvalue weighted by Gasteiger charge is -2.35. The van der Waals surface area contributed by atoms with Gasteiger partial charge in [0.25, 0.3) is 0 Å². The van der Waals surface area contributed by atoms with Crippen LogP contribution < -0.4 is 0 Å². The molecule has 0 saturated carbocycles. The van der Waals surface area contributed by atoms with Gasteiger partial charge in [-0.2, -0.15) is 0 Å². The maximum atomic E-state index is 5.25. The van der Waals surface area contributed by atoms with Gasteiger partial charge in [-0.1, -0.05) is 176 Å². The Kier molecular flexibility index (Phi) is 7.31. The van der Waals surface area contributed by atoms with Crippen molar-refractivity contribution in [1.29, 1.82) is 0 Å². The quantitative estimate of drug-likeness (QED) is 0.180. The van der Waals surface area contributed by atoms with Crippen LogP contribution in [0.3, 0.4) is 0 Å². The minimum absolute atomic E-state index is 0.597. The number of fused-ring (bicyclic) bond motifs is 12. The first-order valence-electron chi connectivity index (χ1n) is 19.7. The molecule has 0 bridgehead atoms. The summed E-state index contributed by atoms with van der Waals surface area (Å²) in [5, 5.41) is 2.60. The normalized spacial score (nSPS) is 14.9. The van der Waals surface area contributed by atoms with Crippen molar-refractivity contribution < 1.29 is 0 Å². The van der Waals surface area contributed by atoms with E-state index in [1.807, 2.05) is 35.6 Å². The molecule has 3 nitrogen and oxygen atoms in total. The van der Waals surface area contributed by atoms with Gasteiger partial charge in [0.2, 0.25) is 0 Å². The van der Waals surface area contributed by atoms with Gasteiger partial charge in [-0.25, -0.2) is 15.0 Å². The largest absolute Gasteiger partial charge is 0.208 e. The van der Waals surface area contributed by atoms with Crippen LogP contribution in [0.1, 0.15) is 33.4 Å². The summed E-state index contributed by atoms with van der Waals surface area (Å²) < 4.78 is 2.62. The SMILES string of the molecule is C1=Cc2ccc(-c3nc(-c4ccccc4)nc(-c4ccc(-c5ccccc5)cc4)n3)cc2C2(c3ccccc31)c1ccccc1-c1cc3sc4ccccc4c3cc12. The van der Waals surface area contributed by atoms with E-state index in [-0.39, 0.29) is 0 Å². The average Bonchev–Trinajstić information content (AvgIpc) is 3.75. The summed E-state index contributed by atoms with van der Waals surface area (Å²) in [4.78, 5) is 15.5. The molecular formula is C54H33N3S. The van der Waals surface area contributed by atoms with Crippen LogP contribution >= 0.6 is 11.3 Å². The fourth-order valence-corrected chi connectivity index (χ4v) is 10.5. The molecule has 1 spiro atoms. The zero-order valence-corrected chi connectivity index (χ0v) is 32.1. The molecule has 270 valence electrons. The van der Waals surface area contributed by atoms with E-state index in [4.69, 9.17) is 15.0 Å². The molecule has 1 unspecified atom stereocenters. The number of hydrogen-bond acceptors (Lipinski definition) is 4.